The van der Waals surface area contributed by atoms with Gasteiger partial charge in [0.2, 0.25) is 6.04 Å². The predicted molar refractivity (Wildman–Crippen MR) is 87.6 cm³/mol. The molecule has 1 N–H and O–H groups in total. The maximum atomic E-state index is 12.4. The Morgan fingerprint density at radius 3 is 2.35 bits per heavy atom. The van der Waals surface area contributed by atoms with Crippen molar-refractivity contribution in [1.82, 2.24) is 5.32 Å². The van der Waals surface area contributed by atoms with Gasteiger partial charge in [-0.3, -0.25) is 20.8 Å². The fraction of sp³-hybridized carbons (Fsp3) is 0.118. The van der Waals surface area contributed by atoms with Crippen LogP contribution in [0.25, 0.3) is 5.41 Å². The third kappa shape index (κ3) is 2.86. The number of carbonyl (C=O) groups excluding carboxylic acids is 2. The van der Waals surface area contributed by atoms with Gasteiger partial charge in [-0.25, -0.2) is 0 Å². The van der Waals surface area contributed by atoms with Crippen LogP contribution in [0.4, 0.5) is 0 Å². The third-order valence-corrected chi connectivity index (χ3v) is 4.31. The molecule has 1 fully saturated rings. The molecule has 2 atom stereocenters. The molecule has 2 amide bonds. The largest absolute Gasteiger partial charge is 0.763 e. The van der Waals surface area contributed by atoms with E-state index in [4.69, 9.17) is 0 Å². The lowest BCUT2D eigenvalue weighted by molar-refractivity contribution is -0.711. The average Bonchev–Trinajstić information content (AvgIpc) is 2.56. The number of pyridine rings is 1. The van der Waals surface area contributed by atoms with Crippen molar-refractivity contribution in [3.8, 4) is 0 Å². The third-order valence-electron chi connectivity index (χ3n) is 3.79. The molecular formula is C17H12BrN3O2. The van der Waals surface area contributed by atoms with Crippen molar-refractivity contribution < 1.29 is 14.2 Å². The minimum Gasteiger partial charge on any atom is -0.763 e. The van der Waals surface area contributed by atoms with Gasteiger partial charge in [0.05, 0.1) is 11.5 Å². The van der Waals surface area contributed by atoms with Gasteiger partial charge in [-0.1, -0.05) is 34.1 Å². The van der Waals surface area contributed by atoms with Crippen molar-refractivity contribution in [2.24, 2.45) is 0 Å². The summed E-state index contributed by atoms with van der Waals surface area (Å²) in [5, 5.41) is 11.7. The van der Waals surface area contributed by atoms with Crippen molar-refractivity contribution in [2.45, 2.75) is 12.0 Å². The Balaban J connectivity index is 2.17. The molecule has 23 heavy (non-hydrogen) atoms. The fourth-order valence-corrected chi connectivity index (χ4v) is 3.01. The molecule has 6 heteroatoms. The second-order valence-corrected chi connectivity index (χ2v) is 6.06. The molecule has 2 heterocycles. The van der Waals surface area contributed by atoms with Crippen LogP contribution in [0.15, 0.2) is 64.9 Å². The summed E-state index contributed by atoms with van der Waals surface area (Å²) in [6.45, 7) is 0. The Hall–Kier alpha value is -2.56. The number of imide groups is 1. The molecule has 0 spiro atoms. The van der Waals surface area contributed by atoms with Gasteiger partial charge in [0.1, 0.15) is 0 Å². The molecule has 0 saturated carbocycles. The molecule has 1 saturated heterocycles. The summed E-state index contributed by atoms with van der Waals surface area (Å²) < 4.78 is 2.60. The summed E-state index contributed by atoms with van der Waals surface area (Å²) in [6, 6.07) is 12.0. The Morgan fingerprint density at radius 1 is 1.09 bits per heavy atom. The van der Waals surface area contributed by atoms with Crippen LogP contribution in [0.3, 0.4) is 0 Å². The van der Waals surface area contributed by atoms with Gasteiger partial charge in [-0.15, -0.1) is 0 Å². The lowest BCUT2D eigenvalue weighted by Crippen LogP contribution is -2.57. The highest BCUT2D eigenvalue weighted by atomic mass is 79.9. The van der Waals surface area contributed by atoms with Gasteiger partial charge in [0.15, 0.2) is 12.4 Å². The molecule has 3 rings (SSSR count). The normalized spacial score (nSPS) is 20.8. The number of carbonyl (C=O) groups is 2. The van der Waals surface area contributed by atoms with E-state index in [0.717, 1.165) is 10.0 Å². The minimum atomic E-state index is -0.690. The lowest BCUT2D eigenvalue weighted by atomic mass is 9.81. The number of hydrogen-bond donors (Lipinski definition) is 1. The van der Waals surface area contributed by atoms with Crippen molar-refractivity contribution in [1.29, 1.82) is 0 Å². The van der Waals surface area contributed by atoms with Crippen LogP contribution in [0.5, 0.6) is 0 Å². The van der Waals surface area contributed by atoms with Crippen molar-refractivity contribution in [2.75, 3.05) is 0 Å². The van der Waals surface area contributed by atoms with Gasteiger partial charge < -0.3 is 5.41 Å². The van der Waals surface area contributed by atoms with E-state index in [1.165, 1.54) is 0 Å². The molecule has 0 radical (unpaired) electrons. The van der Waals surface area contributed by atoms with Crippen LogP contribution in [0.2, 0.25) is 0 Å². The van der Waals surface area contributed by atoms with Crippen LogP contribution in [-0.2, 0) is 9.59 Å². The first-order valence-electron chi connectivity index (χ1n) is 6.95. The van der Waals surface area contributed by atoms with Gasteiger partial charge in [-0.05, 0) is 17.7 Å². The highest BCUT2D eigenvalue weighted by Crippen LogP contribution is 2.35. The zero-order valence-electron chi connectivity index (χ0n) is 11.9. The maximum Gasteiger partial charge on any atom is 0.296 e. The molecule has 2 aromatic rings. The van der Waals surface area contributed by atoms with E-state index < -0.39 is 23.8 Å². The van der Waals surface area contributed by atoms with E-state index in [2.05, 4.69) is 21.2 Å². The van der Waals surface area contributed by atoms with Gasteiger partial charge in [0, 0.05) is 16.6 Å². The van der Waals surface area contributed by atoms with Gasteiger partial charge >= 0.3 is 0 Å². The number of amides is 2. The van der Waals surface area contributed by atoms with Crippen LogP contribution in [0, 0.1) is 0 Å². The van der Waals surface area contributed by atoms with Crippen LogP contribution >= 0.6 is 15.9 Å². The number of hydrogen-bond acceptors (Lipinski definition) is 2. The van der Waals surface area contributed by atoms with E-state index in [1.807, 2.05) is 36.2 Å². The number of nitrogens with one attached hydrogen (secondary N) is 1. The number of nitrogens with zero attached hydrogens (tertiary/aromatic N) is 2. The van der Waals surface area contributed by atoms with E-state index in [1.54, 1.807) is 29.1 Å². The zero-order chi connectivity index (χ0) is 16.4. The molecule has 1 aliphatic heterocycles. The first-order valence-corrected chi connectivity index (χ1v) is 7.74. The van der Waals surface area contributed by atoms with E-state index in [9.17, 15) is 15.0 Å². The Bertz CT molecular complexity index is 811. The molecule has 0 unspecified atom stereocenters. The van der Waals surface area contributed by atoms with E-state index in [0.29, 0.717) is 0 Å². The first kappa shape index (κ1) is 15.3. The smallest absolute Gasteiger partial charge is 0.296 e. The van der Waals surface area contributed by atoms with E-state index in [-0.39, 0.29) is 5.57 Å². The first-order chi connectivity index (χ1) is 11.1. The number of rotatable bonds is 2. The molecule has 1 aromatic carbocycles. The number of piperidine rings is 1. The highest BCUT2D eigenvalue weighted by molar-refractivity contribution is 9.10. The van der Waals surface area contributed by atoms with Gasteiger partial charge in [-0.2, -0.15) is 4.57 Å². The molecular weight excluding hydrogens is 358 g/mol. The van der Waals surface area contributed by atoms with Crippen LogP contribution < -0.4 is 9.88 Å². The van der Waals surface area contributed by atoms with Crippen LogP contribution in [-0.4, -0.2) is 17.7 Å². The maximum absolute atomic E-state index is 12.4. The Morgan fingerprint density at radius 2 is 1.74 bits per heavy atom. The number of halogens is 1. The highest BCUT2D eigenvalue weighted by Gasteiger charge is 2.46. The lowest BCUT2D eigenvalue weighted by Gasteiger charge is -2.28. The van der Waals surface area contributed by atoms with Gasteiger partial charge in [0.25, 0.3) is 11.8 Å². The number of aromatic nitrogens is 1. The average molecular weight is 370 g/mol. The number of benzene rings is 1. The Labute approximate surface area is 141 Å². The second kappa shape index (κ2) is 6.28. The molecule has 1 aromatic heterocycles. The Kier molecular flexibility index (Phi) is 4.19. The van der Waals surface area contributed by atoms with Crippen molar-refractivity contribution in [3.05, 3.63) is 75.9 Å². The second-order valence-electron chi connectivity index (χ2n) is 5.14. The van der Waals surface area contributed by atoms with E-state index >= 15 is 0 Å². The quantitative estimate of drug-likeness (QED) is 0.380. The summed E-state index contributed by atoms with van der Waals surface area (Å²) in [4.78, 5) is 24.5. The SMILES string of the molecule is [N-]=C=C1C(=O)NC(=O)[C@@H]([n+]2ccccc2)[C@@H]1c1ccc(Br)cc1. The summed E-state index contributed by atoms with van der Waals surface area (Å²) in [5.74, 6) is 0.296. The topological polar surface area (TPSA) is 72.3 Å². The predicted octanol–water partition coefficient (Wildman–Crippen LogP) is 1.88. The molecule has 5 nitrogen and oxygen atoms in total. The summed E-state index contributed by atoms with van der Waals surface area (Å²) in [5.41, 5.74) is 0.780. The monoisotopic (exact) mass is 369 g/mol. The van der Waals surface area contributed by atoms with Crippen molar-refractivity contribution in [3.63, 3.8) is 0 Å². The minimum absolute atomic E-state index is 0.0354. The molecule has 1 aliphatic rings. The standard InChI is InChI=1S/C17H12BrN3O2/c18-12-6-4-11(5-7-12)14-13(10-19)16(22)20-17(23)15(14)21-8-2-1-3-9-21/h1-9,14-15H,(H,20,22,23)/t14-,15+/m1/s1. The summed E-state index contributed by atoms with van der Waals surface area (Å²) >= 11 is 3.36. The fourth-order valence-electron chi connectivity index (χ4n) is 2.75. The molecule has 0 bridgehead atoms. The van der Waals surface area contributed by atoms with Crippen molar-refractivity contribution >= 4 is 33.6 Å². The van der Waals surface area contributed by atoms with Crippen LogP contribution in [0.1, 0.15) is 17.5 Å². The molecule has 0 aliphatic carbocycles. The zero-order valence-corrected chi connectivity index (χ0v) is 13.5. The summed E-state index contributed by atoms with van der Waals surface area (Å²) in [7, 11) is 0. The molecule has 114 valence electrons. The summed E-state index contributed by atoms with van der Waals surface area (Å²) in [6.07, 6.45) is 3.50.